The number of benzene rings is 1. The van der Waals surface area contributed by atoms with Crippen LogP contribution in [-0.2, 0) is 20.8 Å². The van der Waals surface area contributed by atoms with E-state index in [1.165, 1.54) is 0 Å². The Balaban J connectivity index is 0.000000313. The summed E-state index contributed by atoms with van der Waals surface area (Å²) in [7, 11) is 3.75. The molecule has 4 aliphatic heterocycles. The van der Waals surface area contributed by atoms with Crippen LogP contribution in [-0.4, -0.2) is 78.7 Å². The maximum Gasteiger partial charge on any atom is 0.287 e. The molecule has 30 heavy (non-hydrogen) atoms. The highest BCUT2D eigenvalue weighted by Crippen LogP contribution is 2.44. The Morgan fingerprint density at radius 1 is 1.20 bits per heavy atom. The van der Waals surface area contributed by atoms with Gasteiger partial charge in [-0.15, -0.1) is 0 Å². The topological polar surface area (TPSA) is 70.2 Å². The molecule has 0 spiro atoms. The Labute approximate surface area is 177 Å². The summed E-state index contributed by atoms with van der Waals surface area (Å²) in [5.41, 5.74) is 2.23. The van der Waals surface area contributed by atoms with Gasteiger partial charge in [-0.05, 0) is 56.0 Å². The molecule has 0 saturated carbocycles. The predicted molar refractivity (Wildman–Crippen MR) is 112 cm³/mol. The van der Waals surface area contributed by atoms with E-state index in [0.29, 0.717) is 19.3 Å². The molecule has 4 heterocycles. The van der Waals surface area contributed by atoms with Crippen LogP contribution in [0.15, 0.2) is 30.4 Å². The van der Waals surface area contributed by atoms with Gasteiger partial charge in [0.15, 0.2) is 0 Å². The lowest BCUT2D eigenvalue weighted by atomic mass is 9.78. The minimum atomic E-state index is -0.571. The van der Waals surface area contributed by atoms with Crippen molar-refractivity contribution in [2.24, 2.45) is 0 Å². The molecule has 2 saturated heterocycles. The maximum atomic E-state index is 12.9. The number of carbonyl (C=O) groups excluding carboxylic acids is 3. The van der Waals surface area contributed by atoms with Crippen LogP contribution in [0, 0.1) is 0 Å². The highest BCUT2D eigenvalue weighted by molar-refractivity contribution is 6.24. The van der Waals surface area contributed by atoms with Crippen molar-refractivity contribution < 1.29 is 19.1 Å². The summed E-state index contributed by atoms with van der Waals surface area (Å²) in [5.74, 6) is 0.206. The molecule has 2 fully saturated rings. The molecule has 1 aromatic rings. The lowest BCUT2D eigenvalue weighted by molar-refractivity contribution is -0.166. The molecule has 2 bridgehead atoms. The third-order valence-corrected chi connectivity index (χ3v) is 6.59. The van der Waals surface area contributed by atoms with Crippen LogP contribution in [0.1, 0.15) is 36.4 Å². The zero-order valence-corrected chi connectivity index (χ0v) is 17.6. The zero-order valence-electron chi connectivity index (χ0n) is 17.6. The second-order valence-corrected chi connectivity index (χ2v) is 8.36. The molecule has 7 heteroatoms. The van der Waals surface area contributed by atoms with E-state index in [2.05, 4.69) is 24.1 Å². The summed E-state index contributed by atoms with van der Waals surface area (Å²) in [6.07, 6.45) is 7.85. The predicted octanol–water partition coefficient (Wildman–Crippen LogP) is 1.57. The molecule has 160 valence electrons. The van der Waals surface area contributed by atoms with Crippen LogP contribution in [0.2, 0.25) is 0 Å². The van der Waals surface area contributed by atoms with Gasteiger partial charge in [-0.1, -0.05) is 18.2 Å². The molecule has 3 atom stereocenters. The molecule has 5 rings (SSSR count). The molecular weight excluding hydrogens is 382 g/mol. The van der Waals surface area contributed by atoms with Gasteiger partial charge in [0.2, 0.25) is 12.2 Å². The molecule has 7 nitrogen and oxygen atoms in total. The summed E-state index contributed by atoms with van der Waals surface area (Å²) in [5, 5.41) is 0. The summed E-state index contributed by atoms with van der Waals surface area (Å²) < 4.78 is 5.30. The number of aldehydes is 1. The van der Waals surface area contributed by atoms with Gasteiger partial charge in [0, 0.05) is 19.6 Å². The minimum Gasteiger partial charge on any atom is -0.497 e. The smallest absolute Gasteiger partial charge is 0.287 e. The Morgan fingerprint density at radius 3 is 2.60 bits per heavy atom. The van der Waals surface area contributed by atoms with Crippen molar-refractivity contribution in [2.75, 3.05) is 33.8 Å². The first kappa shape index (κ1) is 20.6. The van der Waals surface area contributed by atoms with Gasteiger partial charge < -0.3 is 14.5 Å². The standard InChI is InChI=1S/C18H20N2O4.C5H9N/c1-24-12-5-6-13-11(9-12)7-8-19-17(13)14-3-2-4-15(18(19)23)20(14)16(22)10-21;1-6-4-2-3-5-6/h5-6,9-10,14-15,17H,2-4,7-8H2,1H3;2-3H,4-5H2,1H3. The van der Waals surface area contributed by atoms with E-state index in [-0.39, 0.29) is 18.0 Å². The summed E-state index contributed by atoms with van der Waals surface area (Å²) in [4.78, 5) is 41.9. The lowest BCUT2D eigenvalue weighted by Gasteiger charge is -2.55. The van der Waals surface area contributed by atoms with Crippen molar-refractivity contribution in [1.29, 1.82) is 0 Å². The summed E-state index contributed by atoms with van der Waals surface area (Å²) in [6.45, 7) is 2.93. The van der Waals surface area contributed by atoms with Gasteiger partial charge in [0.25, 0.3) is 5.91 Å². The number of piperazine rings is 1. The van der Waals surface area contributed by atoms with Gasteiger partial charge in [0.1, 0.15) is 11.8 Å². The van der Waals surface area contributed by atoms with Gasteiger partial charge >= 0.3 is 0 Å². The molecule has 0 aliphatic carbocycles. The normalized spacial score (nSPS) is 27.0. The monoisotopic (exact) mass is 411 g/mol. The van der Waals surface area contributed by atoms with Gasteiger partial charge in [0.05, 0.1) is 19.2 Å². The first-order valence-corrected chi connectivity index (χ1v) is 10.6. The lowest BCUT2D eigenvalue weighted by Crippen LogP contribution is -2.67. The van der Waals surface area contributed by atoms with E-state index in [0.717, 1.165) is 49.2 Å². The van der Waals surface area contributed by atoms with E-state index < -0.39 is 11.9 Å². The van der Waals surface area contributed by atoms with Crippen molar-refractivity contribution in [2.45, 2.75) is 43.8 Å². The van der Waals surface area contributed by atoms with Crippen molar-refractivity contribution in [3.63, 3.8) is 0 Å². The molecule has 0 aromatic heterocycles. The van der Waals surface area contributed by atoms with Crippen LogP contribution in [0.3, 0.4) is 0 Å². The number of hydrogen-bond acceptors (Lipinski definition) is 5. The third-order valence-electron chi connectivity index (χ3n) is 6.59. The number of amides is 2. The fourth-order valence-electron chi connectivity index (χ4n) is 5.16. The molecule has 3 unspecified atom stereocenters. The average molecular weight is 412 g/mol. The number of fused-ring (bicyclic) bond motifs is 6. The quantitative estimate of drug-likeness (QED) is 0.420. The highest BCUT2D eigenvalue weighted by Gasteiger charge is 2.52. The van der Waals surface area contributed by atoms with Crippen LogP contribution in [0.25, 0.3) is 0 Å². The fourth-order valence-corrected chi connectivity index (χ4v) is 5.16. The molecule has 0 radical (unpaired) electrons. The zero-order chi connectivity index (χ0) is 21.3. The van der Waals surface area contributed by atoms with Crippen molar-refractivity contribution >= 4 is 18.1 Å². The number of carbonyl (C=O) groups is 3. The number of rotatable bonds is 2. The first-order valence-electron chi connectivity index (χ1n) is 10.6. The molecule has 4 aliphatic rings. The number of ether oxygens (including phenoxy) is 1. The first-order chi connectivity index (χ1) is 14.5. The Hall–Kier alpha value is -2.67. The summed E-state index contributed by atoms with van der Waals surface area (Å²) >= 11 is 0. The van der Waals surface area contributed by atoms with E-state index in [1.54, 1.807) is 12.0 Å². The van der Waals surface area contributed by atoms with Gasteiger partial charge in [-0.25, -0.2) is 0 Å². The molecule has 0 N–H and O–H groups in total. The van der Waals surface area contributed by atoms with Crippen molar-refractivity contribution in [3.8, 4) is 5.75 Å². The van der Waals surface area contributed by atoms with E-state index in [9.17, 15) is 14.4 Å². The van der Waals surface area contributed by atoms with Crippen LogP contribution in [0.4, 0.5) is 0 Å². The van der Waals surface area contributed by atoms with Crippen molar-refractivity contribution in [1.82, 2.24) is 14.7 Å². The number of hydrogen-bond donors (Lipinski definition) is 0. The van der Waals surface area contributed by atoms with E-state index >= 15 is 0 Å². The van der Waals surface area contributed by atoms with E-state index in [1.807, 2.05) is 23.1 Å². The van der Waals surface area contributed by atoms with Crippen LogP contribution in [0.5, 0.6) is 5.75 Å². The van der Waals surface area contributed by atoms with Crippen LogP contribution < -0.4 is 4.74 Å². The van der Waals surface area contributed by atoms with Crippen LogP contribution >= 0.6 is 0 Å². The average Bonchev–Trinajstić information content (AvgIpc) is 3.26. The fraction of sp³-hybridized carbons (Fsp3) is 0.522. The molecule has 2 amide bonds. The number of nitrogens with zero attached hydrogens (tertiary/aromatic N) is 3. The highest BCUT2D eigenvalue weighted by atomic mass is 16.5. The Bertz CT molecular complexity index is 860. The maximum absolute atomic E-state index is 12.9. The minimum absolute atomic E-state index is 0.0207. The van der Waals surface area contributed by atoms with Gasteiger partial charge in [-0.2, -0.15) is 0 Å². The Morgan fingerprint density at radius 2 is 1.97 bits per heavy atom. The van der Waals surface area contributed by atoms with E-state index in [4.69, 9.17) is 4.74 Å². The number of methoxy groups -OCH3 is 1. The van der Waals surface area contributed by atoms with Crippen molar-refractivity contribution in [3.05, 3.63) is 41.5 Å². The Kier molecular flexibility index (Phi) is 5.90. The molecular formula is C23H29N3O4. The summed E-state index contributed by atoms with van der Waals surface area (Å²) in [6, 6.07) is 5.15. The second kappa shape index (κ2) is 8.60. The molecule has 1 aromatic carbocycles. The SMILES string of the molecule is CN1CC=CC1.COc1ccc2c(c1)CCN1C(=O)C3CCCC(C21)N3C(=O)C=O. The number of likely N-dealkylation sites (N-methyl/N-ethyl adjacent to an activating group) is 1. The van der Waals surface area contributed by atoms with Gasteiger partial charge in [-0.3, -0.25) is 19.3 Å². The third kappa shape index (κ3) is 3.62. The largest absolute Gasteiger partial charge is 0.497 e. The number of piperidine rings is 1. The second-order valence-electron chi connectivity index (χ2n) is 8.36.